The smallest absolute Gasteiger partial charge is 0.189 e. The van der Waals surface area contributed by atoms with Gasteiger partial charge in [-0.25, -0.2) is 0 Å². The van der Waals surface area contributed by atoms with Gasteiger partial charge in [0.25, 0.3) is 0 Å². The van der Waals surface area contributed by atoms with Gasteiger partial charge in [0, 0.05) is 5.69 Å². The number of hydrogen-bond donors (Lipinski definition) is 5. The van der Waals surface area contributed by atoms with Crippen LogP contribution >= 0.6 is 24.4 Å². The van der Waals surface area contributed by atoms with Crippen LogP contribution in [0.15, 0.2) is 30.3 Å². The van der Waals surface area contributed by atoms with E-state index in [0.717, 1.165) is 18.8 Å². The maximum Gasteiger partial charge on any atom is 0.189 e. The minimum atomic E-state index is 0.466. The molecule has 0 spiro atoms. The molecule has 0 unspecified atom stereocenters. The quantitative estimate of drug-likeness (QED) is 0.382. The molecule has 0 amide bonds. The van der Waals surface area contributed by atoms with Crippen molar-refractivity contribution in [1.29, 1.82) is 0 Å². The summed E-state index contributed by atoms with van der Waals surface area (Å²) < 4.78 is 0. The Morgan fingerprint density at radius 1 is 1.05 bits per heavy atom. The number of quaternary nitrogens is 1. The molecule has 0 saturated heterocycles. The van der Waals surface area contributed by atoms with E-state index in [1.807, 2.05) is 30.3 Å². The molecule has 1 aromatic rings. The van der Waals surface area contributed by atoms with Crippen molar-refractivity contribution < 1.29 is 4.90 Å². The molecular formula is C12H20N5S2+. The number of hydrazine groups is 1. The molecule has 0 saturated carbocycles. The van der Waals surface area contributed by atoms with Gasteiger partial charge < -0.3 is 15.5 Å². The van der Waals surface area contributed by atoms with E-state index in [1.54, 1.807) is 0 Å². The lowest BCUT2D eigenvalue weighted by Gasteiger charge is -2.14. The molecule has 104 valence electrons. The topological polar surface area (TPSA) is 52.6 Å². The lowest BCUT2D eigenvalue weighted by molar-refractivity contribution is -0.856. The fourth-order valence-corrected chi connectivity index (χ4v) is 1.59. The van der Waals surface area contributed by atoms with E-state index in [9.17, 15) is 0 Å². The maximum atomic E-state index is 5.13. The Labute approximate surface area is 124 Å². The van der Waals surface area contributed by atoms with Gasteiger partial charge >= 0.3 is 0 Å². The Morgan fingerprint density at radius 2 is 1.68 bits per heavy atom. The van der Waals surface area contributed by atoms with Crippen molar-refractivity contribution in [1.82, 2.24) is 16.2 Å². The van der Waals surface area contributed by atoms with Crippen molar-refractivity contribution in [3.8, 4) is 0 Å². The molecule has 1 rings (SSSR count). The predicted octanol–water partition coefficient (Wildman–Crippen LogP) is -0.503. The second-order valence-corrected chi connectivity index (χ2v) is 5.10. The first-order valence-corrected chi connectivity index (χ1v) is 6.84. The molecule has 0 fully saturated rings. The number of para-hydroxylation sites is 1. The number of thiocarbonyl (C=S) groups is 2. The highest BCUT2D eigenvalue weighted by Gasteiger charge is 1.99. The minimum absolute atomic E-state index is 0.466. The van der Waals surface area contributed by atoms with Crippen LogP contribution in [0.4, 0.5) is 5.69 Å². The fourth-order valence-electron chi connectivity index (χ4n) is 1.27. The molecule has 0 aliphatic rings. The molecule has 0 radical (unpaired) electrons. The molecular weight excluding hydrogens is 278 g/mol. The first-order chi connectivity index (χ1) is 9.08. The number of nitrogens with one attached hydrogen (secondary N) is 5. The summed E-state index contributed by atoms with van der Waals surface area (Å²) in [5.74, 6) is 0. The van der Waals surface area contributed by atoms with E-state index in [2.05, 4.69) is 35.6 Å². The monoisotopic (exact) mass is 298 g/mol. The number of rotatable bonds is 4. The van der Waals surface area contributed by atoms with Crippen molar-refractivity contribution in [2.24, 2.45) is 0 Å². The lowest BCUT2D eigenvalue weighted by atomic mass is 10.3. The van der Waals surface area contributed by atoms with Crippen LogP contribution in [0.25, 0.3) is 0 Å². The Morgan fingerprint density at radius 3 is 2.32 bits per heavy atom. The second kappa shape index (κ2) is 8.63. The standard InChI is InChI=1S/C12H19N5S2/c1-17(2)9-8-13-11(18)15-16-12(19)14-10-6-4-3-5-7-10/h3-7H,8-9H2,1-2H3,(H2,13,15,18)(H2,14,16,19)/p+1. The van der Waals surface area contributed by atoms with Gasteiger partial charge in [-0.3, -0.25) is 10.9 Å². The van der Waals surface area contributed by atoms with E-state index in [-0.39, 0.29) is 0 Å². The summed E-state index contributed by atoms with van der Waals surface area (Å²) in [4.78, 5) is 1.37. The van der Waals surface area contributed by atoms with E-state index in [1.165, 1.54) is 4.90 Å². The molecule has 0 aliphatic heterocycles. The predicted molar refractivity (Wildman–Crippen MR) is 87.2 cm³/mol. The summed E-state index contributed by atoms with van der Waals surface area (Å²) in [5, 5.41) is 7.11. The molecule has 0 aromatic heterocycles. The Hall–Kier alpha value is -1.44. The minimum Gasteiger partial charge on any atom is -0.356 e. The van der Waals surface area contributed by atoms with Crippen molar-refractivity contribution in [2.45, 2.75) is 0 Å². The van der Waals surface area contributed by atoms with Gasteiger partial charge in [0.15, 0.2) is 10.2 Å². The van der Waals surface area contributed by atoms with Crippen molar-refractivity contribution in [3.05, 3.63) is 30.3 Å². The van der Waals surface area contributed by atoms with Gasteiger partial charge in [0.05, 0.1) is 27.2 Å². The molecule has 5 N–H and O–H groups in total. The van der Waals surface area contributed by atoms with Crippen molar-refractivity contribution in [2.75, 3.05) is 32.5 Å². The van der Waals surface area contributed by atoms with Crippen LogP contribution in [0.5, 0.6) is 0 Å². The van der Waals surface area contributed by atoms with Crippen LogP contribution in [-0.2, 0) is 0 Å². The van der Waals surface area contributed by atoms with Gasteiger partial charge in [-0.15, -0.1) is 0 Å². The van der Waals surface area contributed by atoms with Gasteiger partial charge in [-0.2, -0.15) is 0 Å². The average molecular weight is 298 g/mol. The summed E-state index contributed by atoms with van der Waals surface area (Å²) in [5.41, 5.74) is 6.59. The summed E-state index contributed by atoms with van der Waals surface area (Å²) in [6.45, 7) is 1.81. The first-order valence-electron chi connectivity index (χ1n) is 6.03. The summed E-state index contributed by atoms with van der Waals surface area (Å²) >= 11 is 10.2. The van der Waals surface area contributed by atoms with Gasteiger partial charge in [0.1, 0.15) is 0 Å². The first kappa shape index (κ1) is 15.6. The van der Waals surface area contributed by atoms with Gasteiger partial charge in [0.2, 0.25) is 0 Å². The molecule has 0 bridgehead atoms. The number of hydrogen-bond acceptors (Lipinski definition) is 2. The average Bonchev–Trinajstić information content (AvgIpc) is 2.37. The highest BCUT2D eigenvalue weighted by atomic mass is 32.1. The third kappa shape index (κ3) is 7.55. The normalized spacial score (nSPS) is 9.84. The molecule has 0 aliphatic carbocycles. The van der Waals surface area contributed by atoms with Crippen molar-refractivity contribution in [3.63, 3.8) is 0 Å². The third-order valence-electron chi connectivity index (χ3n) is 2.23. The van der Waals surface area contributed by atoms with Crippen LogP contribution in [-0.4, -0.2) is 37.4 Å². The fraction of sp³-hybridized carbons (Fsp3) is 0.333. The Balaban J connectivity index is 2.18. The van der Waals surface area contributed by atoms with Crippen LogP contribution in [0.2, 0.25) is 0 Å². The van der Waals surface area contributed by atoms with Gasteiger partial charge in [-0.1, -0.05) is 18.2 Å². The number of anilines is 1. The SMILES string of the molecule is C[NH+](C)CCNC(=S)NNC(=S)Nc1ccccc1. The van der Waals surface area contributed by atoms with E-state index >= 15 is 0 Å². The molecule has 19 heavy (non-hydrogen) atoms. The van der Waals surface area contributed by atoms with Crippen LogP contribution in [0.1, 0.15) is 0 Å². The zero-order valence-corrected chi connectivity index (χ0v) is 12.8. The molecule has 0 atom stereocenters. The van der Waals surface area contributed by atoms with Crippen molar-refractivity contribution >= 4 is 40.3 Å². The number of benzene rings is 1. The largest absolute Gasteiger partial charge is 0.356 e. The Kier molecular flexibility index (Phi) is 7.09. The van der Waals surface area contributed by atoms with Gasteiger partial charge in [-0.05, 0) is 36.6 Å². The highest BCUT2D eigenvalue weighted by Crippen LogP contribution is 2.03. The zero-order chi connectivity index (χ0) is 14.1. The van der Waals surface area contributed by atoms with E-state index < -0.39 is 0 Å². The number of likely N-dealkylation sites (N-methyl/N-ethyl adjacent to an activating group) is 1. The molecule has 7 heteroatoms. The third-order valence-corrected chi connectivity index (χ3v) is 2.68. The summed E-state index contributed by atoms with van der Waals surface area (Å²) in [6.07, 6.45) is 0. The van der Waals surface area contributed by atoms with E-state index in [0.29, 0.717) is 10.2 Å². The second-order valence-electron chi connectivity index (χ2n) is 4.28. The Bertz CT molecular complexity index is 408. The summed E-state index contributed by atoms with van der Waals surface area (Å²) in [6, 6.07) is 9.70. The molecule has 1 aromatic carbocycles. The zero-order valence-electron chi connectivity index (χ0n) is 11.1. The summed E-state index contributed by atoms with van der Waals surface area (Å²) in [7, 11) is 4.19. The highest BCUT2D eigenvalue weighted by molar-refractivity contribution is 7.80. The van der Waals surface area contributed by atoms with E-state index in [4.69, 9.17) is 24.4 Å². The maximum absolute atomic E-state index is 5.13. The van der Waals surface area contributed by atoms with Crippen LogP contribution in [0, 0.1) is 0 Å². The molecule has 5 nitrogen and oxygen atoms in total. The molecule has 0 heterocycles. The lowest BCUT2D eigenvalue weighted by Crippen LogP contribution is -3.06. The van der Waals surface area contributed by atoms with Crippen LogP contribution in [0.3, 0.4) is 0 Å². The van der Waals surface area contributed by atoms with Crippen LogP contribution < -0.4 is 26.4 Å².